The SMILES string of the molecule is Nc1nccc(-n2cncn2)n1. The second-order valence-corrected chi connectivity index (χ2v) is 2.11. The van der Waals surface area contributed by atoms with Crippen molar-refractivity contribution in [2.75, 3.05) is 5.73 Å². The number of nitrogen functional groups attached to an aromatic ring is 1. The van der Waals surface area contributed by atoms with Crippen LogP contribution in [0.1, 0.15) is 0 Å². The molecule has 0 fully saturated rings. The normalized spacial score (nSPS) is 10.0. The van der Waals surface area contributed by atoms with E-state index in [2.05, 4.69) is 20.1 Å². The average Bonchev–Trinajstić information content (AvgIpc) is 2.56. The van der Waals surface area contributed by atoms with Crippen LogP contribution in [0, 0.1) is 0 Å². The quantitative estimate of drug-likeness (QED) is 0.619. The molecule has 0 saturated carbocycles. The van der Waals surface area contributed by atoms with Gasteiger partial charge in [0.15, 0.2) is 5.82 Å². The molecular weight excluding hydrogens is 156 g/mol. The van der Waals surface area contributed by atoms with E-state index in [-0.39, 0.29) is 5.95 Å². The van der Waals surface area contributed by atoms with E-state index in [0.717, 1.165) is 0 Å². The van der Waals surface area contributed by atoms with Crippen LogP contribution < -0.4 is 5.73 Å². The van der Waals surface area contributed by atoms with Gasteiger partial charge >= 0.3 is 0 Å². The summed E-state index contributed by atoms with van der Waals surface area (Å²) in [5.41, 5.74) is 5.38. The zero-order chi connectivity index (χ0) is 8.39. The molecule has 0 aliphatic rings. The van der Waals surface area contributed by atoms with Crippen LogP contribution in [0.4, 0.5) is 5.95 Å². The van der Waals surface area contributed by atoms with Gasteiger partial charge in [-0.25, -0.2) is 14.6 Å². The molecule has 6 heteroatoms. The fourth-order valence-corrected chi connectivity index (χ4v) is 0.818. The Labute approximate surface area is 68.1 Å². The molecule has 60 valence electrons. The van der Waals surface area contributed by atoms with E-state index in [1.807, 2.05) is 0 Å². The number of hydrogen-bond donors (Lipinski definition) is 1. The molecule has 0 aliphatic carbocycles. The third-order valence-corrected chi connectivity index (χ3v) is 1.31. The summed E-state index contributed by atoms with van der Waals surface area (Å²) in [7, 11) is 0. The van der Waals surface area contributed by atoms with Crippen molar-refractivity contribution < 1.29 is 0 Å². The largest absolute Gasteiger partial charge is 0.368 e. The van der Waals surface area contributed by atoms with Gasteiger partial charge in [0, 0.05) is 12.3 Å². The molecule has 12 heavy (non-hydrogen) atoms. The van der Waals surface area contributed by atoms with Gasteiger partial charge in [0.25, 0.3) is 0 Å². The summed E-state index contributed by atoms with van der Waals surface area (Å²) in [6.07, 6.45) is 4.54. The highest BCUT2D eigenvalue weighted by Gasteiger charge is 1.97. The molecule has 2 rings (SSSR count). The zero-order valence-corrected chi connectivity index (χ0v) is 6.12. The van der Waals surface area contributed by atoms with E-state index < -0.39 is 0 Å². The fraction of sp³-hybridized carbons (Fsp3) is 0. The van der Waals surface area contributed by atoms with Crippen molar-refractivity contribution in [3.8, 4) is 5.82 Å². The molecule has 0 unspecified atom stereocenters. The first-order chi connectivity index (χ1) is 5.86. The number of anilines is 1. The van der Waals surface area contributed by atoms with Gasteiger partial charge in [-0.1, -0.05) is 0 Å². The summed E-state index contributed by atoms with van der Waals surface area (Å²) < 4.78 is 1.51. The van der Waals surface area contributed by atoms with Crippen molar-refractivity contribution in [3.63, 3.8) is 0 Å². The molecule has 6 nitrogen and oxygen atoms in total. The van der Waals surface area contributed by atoms with Crippen LogP contribution in [0.5, 0.6) is 0 Å². The highest BCUT2D eigenvalue weighted by molar-refractivity contribution is 5.25. The molecule has 2 aromatic heterocycles. The lowest BCUT2D eigenvalue weighted by Crippen LogP contribution is -2.01. The minimum absolute atomic E-state index is 0.225. The first kappa shape index (κ1) is 6.71. The maximum atomic E-state index is 5.38. The van der Waals surface area contributed by atoms with Crippen molar-refractivity contribution in [3.05, 3.63) is 24.9 Å². The van der Waals surface area contributed by atoms with Crippen molar-refractivity contribution in [2.45, 2.75) is 0 Å². The van der Waals surface area contributed by atoms with Crippen LogP contribution in [0.15, 0.2) is 24.9 Å². The molecule has 0 amide bonds. The van der Waals surface area contributed by atoms with Crippen molar-refractivity contribution >= 4 is 5.95 Å². The maximum Gasteiger partial charge on any atom is 0.222 e. The monoisotopic (exact) mass is 162 g/mol. The van der Waals surface area contributed by atoms with Crippen molar-refractivity contribution in [1.29, 1.82) is 0 Å². The third kappa shape index (κ3) is 1.09. The molecule has 2 aromatic rings. The van der Waals surface area contributed by atoms with Crippen LogP contribution in [0.3, 0.4) is 0 Å². The minimum Gasteiger partial charge on any atom is -0.368 e. The topological polar surface area (TPSA) is 82.5 Å². The molecule has 0 saturated heterocycles. The van der Waals surface area contributed by atoms with Crippen molar-refractivity contribution in [1.82, 2.24) is 24.7 Å². The number of nitrogens with zero attached hydrogens (tertiary/aromatic N) is 5. The number of aromatic nitrogens is 5. The van der Waals surface area contributed by atoms with Gasteiger partial charge in [-0.05, 0) is 0 Å². The summed E-state index contributed by atoms with van der Waals surface area (Å²) >= 11 is 0. The van der Waals surface area contributed by atoms with Gasteiger partial charge in [-0.15, -0.1) is 0 Å². The molecule has 0 bridgehead atoms. The maximum absolute atomic E-state index is 5.38. The predicted octanol–water partition coefficient (Wildman–Crippen LogP) is -0.361. The molecule has 0 spiro atoms. The first-order valence-corrected chi connectivity index (χ1v) is 3.30. The van der Waals surface area contributed by atoms with E-state index in [1.165, 1.54) is 11.0 Å². The van der Waals surface area contributed by atoms with Gasteiger partial charge in [0.1, 0.15) is 12.7 Å². The molecule has 2 N–H and O–H groups in total. The Morgan fingerprint density at radius 2 is 2.33 bits per heavy atom. The van der Waals surface area contributed by atoms with Gasteiger partial charge in [-0.2, -0.15) is 10.1 Å². The molecule has 0 aliphatic heterocycles. The second kappa shape index (κ2) is 2.57. The summed E-state index contributed by atoms with van der Waals surface area (Å²) in [5, 5.41) is 3.89. The summed E-state index contributed by atoms with van der Waals surface area (Å²) in [6, 6.07) is 1.70. The van der Waals surface area contributed by atoms with Gasteiger partial charge in [0.05, 0.1) is 0 Å². The predicted molar refractivity (Wildman–Crippen MR) is 41.4 cm³/mol. The van der Waals surface area contributed by atoms with Gasteiger partial charge < -0.3 is 5.73 Å². The molecule has 0 radical (unpaired) electrons. The highest BCUT2D eigenvalue weighted by Crippen LogP contribution is 2.00. The first-order valence-electron chi connectivity index (χ1n) is 3.30. The zero-order valence-electron chi connectivity index (χ0n) is 6.12. The van der Waals surface area contributed by atoms with Crippen LogP contribution in [-0.4, -0.2) is 24.7 Å². The van der Waals surface area contributed by atoms with Crippen molar-refractivity contribution in [2.24, 2.45) is 0 Å². The summed E-state index contributed by atoms with van der Waals surface area (Å²) in [4.78, 5) is 11.5. The number of rotatable bonds is 1. The van der Waals surface area contributed by atoms with Crippen LogP contribution in [0.25, 0.3) is 5.82 Å². The lowest BCUT2D eigenvalue weighted by molar-refractivity contribution is 0.841. The second-order valence-electron chi connectivity index (χ2n) is 2.11. The fourth-order valence-electron chi connectivity index (χ4n) is 0.818. The van der Waals surface area contributed by atoms with E-state index in [9.17, 15) is 0 Å². The third-order valence-electron chi connectivity index (χ3n) is 1.31. The Hall–Kier alpha value is -1.98. The van der Waals surface area contributed by atoms with E-state index in [4.69, 9.17) is 5.73 Å². The molecular formula is C6H6N6. The summed E-state index contributed by atoms with van der Waals surface area (Å²) in [5.74, 6) is 0.836. The Balaban J connectivity index is 2.48. The van der Waals surface area contributed by atoms with Crippen LogP contribution >= 0.6 is 0 Å². The molecule has 0 aromatic carbocycles. The number of hydrogen-bond acceptors (Lipinski definition) is 5. The highest BCUT2D eigenvalue weighted by atomic mass is 15.3. The molecule has 0 atom stereocenters. The van der Waals surface area contributed by atoms with E-state index in [1.54, 1.807) is 18.6 Å². The Kier molecular flexibility index (Phi) is 1.44. The minimum atomic E-state index is 0.225. The Morgan fingerprint density at radius 3 is 3.00 bits per heavy atom. The van der Waals surface area contributed by atoms with Crippen LogP contribution in [0.2, 0.25) is 0 Å². The summed E-state index contributed by atoms with van der Waals surface area (Å²) in [6.45, 7) is 0. The number of nitrogens with two attached hydrogens (primary N) is 1. The molecule has 2 heterocycles. The smallest absolute Gasteiger partial charge is 0.222 e. The Morgan fingerprint density at radius 1 is 1.42 bits per heavy atom. The van der Waals surface area contributed by atoms with Gasteiger partial charge in [-0.3, -0.25) is 0 Å². The van der Waals surface area contributed by atoms with Crippen LogP contribution in [-0.2, 0) is 0 Å². The van der Waals surface area contributed by atoms with E-state index in [0.29, 0.717) is 5.82 Å². The van der Waals surface area contributed by atoms with E-state index >= 15 is 0 Å². The average molecular weight is 162 g/mol. The van der Waals surface area contributed by atoms with Gasteiger partial charge in [0.2, 0.25) is 5.95 Å². The lowest BCUT2D eigenvalue weighted by Gasteiger charge is -1.97. The standard InChI is InChI=1S/C6H6N6/c7-6-9-2-1-5(11-6)12-4-8-3-10-12/h1-4H,(H2,7,9,11). The lowest BCUT2D eigenvalue weighted by atomic mass is 10.6. The Bertz CT molecular complexity index is 367.